The third kappa shape index (κ3) is 4.38. The molecule has 2 aromatic carbocycles. The van der Waals surface area contributed by atoms with Gasteiger partial charge in [0.2, 0.25) is 5.91 Å². The van der Waals surface area contributed by atoms with Gasteiger partial charge in [0.05, 0.1) is 44.2 Å². The summed E-state index contributed by atoms with van der Waals surface area (Å²) in [6.45, 7) is 6.29. The number of hydrogen-bond acceptors (Lipinski definition) is 5. The van der Waals surface area contributed by atoms with Crippen molar-refractivity contribution in [2.45, 2.75) is 6.42 Å². The molecule has 2 aliphatic heterocycles. The van der Waals surface area contributed by atoms with Crippen molar-refractivity contribution >= 4 is 33.9 Å². The minimum atomic E-state index is -0.0154. The quantitative estimate of drug-likeness (QED) is 0.664. The van der Waals surface area contributed by atoms with Crippen LogP contribution in [0.3, 0.4) is 0 Å². The SMILES string of the molecule is O=C(Cc1c[nH]c2ccccc12)Nc1ccc(N2CCOCC2)cc1N1CCOCC1. The van der Waals surface area contributed by atoms with E-state index < -0.39 is 0 Å². The largest absolute Gasteiger partial charge is 0.378 e. The number of nitrogens with zero attached hydrogens (tertiary/aromatic N) is 2. The third-order valence-corrected chi connectivity index (χ3v) is 6.01. The van der Waals surface area contributed by atoms with Crippen LogP contribution in [0.15, 0.2) is 48.7 Å². The molecule has 0 bridgehead atoms. The summed E-state index contributed by atoms with van der Waals surface area (Å²) in [5, 5.41) is 4.25. The molecule has 3 heterocycles. The van der Waals surface area contributed by atoms with E-state index in [0.29, 0.717) is 19.6 Å². The van der Waals surface area contributed by atoms with Crippen molar-refractivity contribution in [3.8, 4) is 0 Å². The predicted octanol–water partition coefficient (Wildman–Crippen LogP) is 3.02. The molecule has 2 saturated heterocycles. The topological polar surface area (TPSA) is 69.8 Å². The molecule has 0 unspecified atom stereocenters. The molecule has 7 heteroatoms. The van der Waals surface area contributed by atoms with Gasteiger partial charge in [0.15, 0.2) is 0 Å². The van der Waals surface area contributed by atoms with Gasteiger partial charge < -0.3 is 29.6 Å². The Morgan fingerprint density at radius 3 is 2.42 bits per heavy atom. The third-order valence-electron chi connectivity index (χ3n) is 6.01. The Balaban J connectivity index is 1.38. The van der Waals surface area contributed by atoms with Crippen LogP contribution in [0.4, 0.5) is 17.1 Å². The summed E-state index contributed by atoms with van der Waals surface area (Å²) in [7, 11) is 0. The van der Waals surface area contributed by atoms with Crippen LogP contribution in [0.1, 0.15) is 5.56 Å². The van der Waals surface area contributed by atoms with Crippen molar-refractivity contribution < 1.29 is 14.3 Å². The normalized spacial score (nSPS) is 17.2. The number of H-pyrrole nitrogens is 1. The molecule has 3 aromatic rings. The monoisotopic (exact) mass is 420 g/mol. The number of benzene rings is 2. The predicted molar refractivity (Wildman–Crippen MR) is 123 cm³/mol. The number of fused-ring (bicyclic) bond motifs is 1. The molecule has 31 heavy (non-hydrogen) atoms. The number of aromatic nitrogens is 1. The zero-order valence-corrected chi connectivity index (χ0v) is 17.6. The number of nitrogens with one attached hydrogen (secondary N) is 2. The summed E-state index contributed by atoms with van der Waals surface area (Å²) in [6, 6.07) is 14.4. The molecule has 7 nitrogen and oxygen atoms in total. The van der Waals surface area contributed by atoms with Gasteiger partial charge in [-0.3, -0.25) is 4.79 Å². The summed E-state index contributed by atoms with van der Waals surface area (Å²) in [5.74, 6) is -0.0154. The highest BCUT2D eigenvalue weighted by atomic mass is 16.5. The van der Waals surface area contributed by atoms with Crippen LogP contribution in [0.25, 0.3) is 10.9 Å². The smallest absolute Gasteiger partial charge is 0.228 e. The minimum absolute atomic E-state index is 0.0154. The highest BCUT2D eigenvalue weighted by Crippen LogP contribution is 2.32. The number of hydrogen-bond donors (Lipinski definition) is 2. The number of para-hydroxylation sites is 1. The second-order valence-corrected chi connectivity index (χ2v) is 7.98. The van der Waals surface area contributed by atoms with Crippen LogP contribution in [0, 0.1) is 0 Å². The van der Waals surface area contributed by atoms with E-state index in [1.165, 1.54) is 5.69 Å². The summed E-state index contributed by atoms with van der Waals surface area (Å²) in [4.78, 5) is 20.8. The van der Waals surface area contributed by atoms with Crippen LogP contribution in [-0.4, -0.2) is 63.5 Å². The highest BCUT2D eigenvalue weighted by Gasteiger charge is 2.20. The molecule has 0 aliphatic carbocycles. The van der Waals surface area contributed by atoms with Gasteiger partial charge in [-0.1, -0.05) is 18.2 Å². The number of carbonyl (C=O) groups excluding carboxylic acids is 1. The zero-order valence-electron chi connectivity index (χ0n) is 17.6. The molecule has 0 saturated carbocycles. The standard InChI is InChI=1S/C24H28N4O3/c29-24(15-18-17-25-21-4-2-1-3-20(18)21)26-22-6-5-19(27-7-11-30-12-8-27)16-23(22)28-9-13-31-14-10-28/h1-6,16-17,25H,7-15H2,(H,26,29). The Morgan fingerprint density at radius 1 is 0.935 bits per heavy atom. The molecule has 2 fully saturated rings. The van der Waals surface area contributed by atoms with Gasteiger partial charge in [-0.25, -0.2) is 0 Å². The molecule has 0 spiro atoms. The number of amides is 1. The second-order valence-electron chi connectivity index (χ2n) is 7.98. The van der Waals surface area contributed by atoms with Crippen molar-refractivity contribution in [1.29, 1.82) is 0 Å². The minimum Gasteiger partial charge on any atom is -0.378 e. The van der Waals surface area contributed by atoms with Gasteiger partial charge in [-0.2, -0.15) is 0 Å². The summed E-state index contributed by atoms with van der Waals surface area (Å²) in [6.07, 6.45) is 2.26. The fraction of sp³-hybridized carbons (Fsp3) is 0.375. The first kappa shape index (κ1) is 19.9. The number of anilines is 3. The second kappa shape index (κ2) is 8.99. The van der Waals surface area contributed by atoms with Gasteiger partial charge in [-0.05, 0) is 29.8 Å². The molecule has 1 aromatic heterocycles. The molecular formula is C24H28N4O3. The van der Waals surface area contributed by atoms with E-state index in [2.05, 4.69) is 32.2 Å². The van der Waals surface area contributed by atoms with Gasteiger partial charge >= 0.3 is 0 Å². The van der Waals surface area contributed by atoms with Crippen molar-refractivity contribution in [2.75, 3.05) is 67.7 Å². The molecule has 162 valence electrons. The Kier molecular flexibility index (Phi) is 5.78. The van der Waals surface area contributed by atoms with Crippen LogP contribution in [-0.2, 0) is 20.7 Å². The molecule has 2 aliphatic rings. The van der Waals surface area contributed by atoms with Crippen LogP contribution in [0.5, 0.6) is 0 Å². The van der Waals surface area contributed by atoms with Gasteiger partial charge in [0.1, 0.15) is 0 Å². The van der Waals surface area contributed by atoms with Gasteiger partial charge in [0.25, 0.3) is 0 Å². The summed E-state index contributed by atoms with van der Waals surface area (Å²) in [5.41, 5.74) is 5.13. The van der Waals surface area contributed by atoms with Crippen molar-refractivity contribution in [1.82, 2.24) is 4.98 Å². The Bertz CT molecular complexity index is 1050. The fourth-order valence-electron chi connectivity index (χ4n) is 4.36. The number of morpholine rings is 2. The van der Waals surface area contributed by atoms with Crippen LogP contribution in [0.2, 0.25) is 0 Å². The molecule has 2 N–H and O–H groups in total. The highest BCUT2D eigenvalue weighted by molar-refractivity contribution is 5.98. The average molecular weight is 421 g/mol. The Hall–Kier alpha value is -3.03. The molecule has 5 rings (SSSR count). The van der Waals surface area contributed by atoms with E-state index in [9.17, 15) is 4.79 Å². The number of carbonyl (C=O) groups is 1. The average Bonchev–Trinajstić information content (AvgIpc) is 3.23. The maximum Gasteiger partial charge on any atom is 0.228 e. The maximum absolute atomic E-state index is 12.9. The zero-order chi connectivity index (χ0) is 21.0. The van der Waals surface area contributed by atoms with E-state index in [1.54, 1.807) is 0 Å². The Labute approximate surface area is 181 Å². The lowest BCUT2D eigenvalue weighted by Crippen LogP contribution is -2.38. The van der Waals surface area contributed by atoms with E-state index >= 15 is 0 Å². The maximum atomic E-state index is 12.9. The molecular weight excluding hydrogens is 392 g/mol. The fourth-order valence-corrected chi connectivity index (χ4v) is 4.36. The first-order chi connectivity index (χ1) is 15.3. The number of aromatic amines is 1. The van der Waals surface area contributed by atoms with E-state index in [-0.39, 0.29) is 5.91 Å². The molecule has 0 atom stereocenters. The number of ether oxygens (including phenoxy) is 2. The summed E-state index contributed by atoms with van der Waals surface area (Å²) >= 11 is 0. The summed E-state index contributed by atoms with van der Waals surface area (Å²) < 4.78 is 11.0. The van der Waals surface area contributed by atoms with Gasteiger partial charge in [0, 0.05) is 49.0 Å². The van der Waals surface area contributed by atoms with Crippen LogP contribution >= 0.6 is 0 Å². The van der Waals surface area contributed by atoms with E-state index in [1.807, 2.05) is 36.5 Å². The van der Waals surface area contributed by atoms with Gasteiger partial charge in [-0.15, -0.1) is 0 Å². The first-order valence-corrected chi connectivity index (χ1v) is 10.9. The lowest BCUT2D eigenvalue weighted by atomic mass is 10.1. The van der Waals surface area contributed by atoms with Crippen molar-refractivity contribution in [2.24, 2.45) is 0 Å². The molecule has 0 radical (unpaired) electrons. The Morgan fingerprint density at radius 2 is 1.65 bits per heavy atom. The number of rotatable bonds is 5. The van der Waals surface area contributed by atoms with E-state index in [0.717, 1.165) is 67.2 Å². The van der Waals surface area contributed by atoms with Crippen LogP contribution < -0.4 is 15.1 Å². The first-order valence-electron chi connectivity index (χ1n) is 10.9. The van der Waals surface area contributed by atoms with E-state index in [4.69, 9.17) is 9.47 Å². The molecule has 1 amide bonds. The lowest BCUT2D eigenvalue weighted by Gasteiger charge is -2.33. The van der Waals surface area contributed by atoms with Crippen molar-refractivity contribution in [3.63, 3.8) is 0 Å². The van der Waals surface area contributed by atoms with Crippen molar-refractivity contribution in [3.05, 3.63) is 54.2 Å². The lowest BCUT2D eigenvalue weighted by molar-refractivity contribution is -0.115.